The molecule has 0 aliphatic heterocycles. The molecule has 0 heterocycles. The molecule has 0 spiro atoms. The number of carbonyl (C=O) groups excluding carboxylic acids is 1. The summed E-state index contributed by atoms with van der Waals surface area (Å²) in [5.41, 5.74) is 3.40. The Kier molecular flexibility index (Phi) is 9.93. The quantitative estimate of drug-likeness (QED) is 0.263. The lowest BCUT2D eigenvalue weighted by atomic mass is 10.2. The third-order valence-corrected chi connectivity index (χ3v) is 5.75. The van der Waals surface area contributed by atoms with Crippen LogP contribution < -0.4 is 23.9 Å². The average Bonchev–Trinajstić information content (AvgIpc) is 2.79. The van der Waals surface area contributed by atoms with Crippen LogP contribution in [0, 0.1) is 0 Å². The lowest BCUT2D eigenvalue weighted by Gasteiger charge is -2.27. The molecular weight excluding hydrogens is 458 g/mol. The van der Waals surface area contributed by atoms with Gasteiger partial charge >= 0.3 is 0 Å². The standard InChI is InChI=1S/C24H31N3O6S/c1-6-15-33-22-14-9-19(16-23(22)32-8-3)17-25-26-24(28)18(4)27(34(5,29)30)20-10-12-21(13-11-20)31-7-2/h6,9-14,16-18H,1,7-8,15H2,2-5H3,(H,26,28)/b25-17-/t18-/m1/s1. The number of nitrogens with one attached hydrogen (secondary N) is 1. The van der Waals surface area contributed by atoms with E-state index in [0.717, 1.165) is 10.6 Å². The monoisotopic (exact) mass is 489 g/mol. The van der Waals surface area contributed by atoms with E-state index in [2.05, 4.69) is 17.1 Å². The average molecular weight is 490 g/mol. The molecule has 0 aromatic heterocycles. The molecule has 0 fully saturated rings. The van der Waals surface area contributed by atoms with Gasteiger partial charge in [-0.3, -0.25) is 9.10 Å². The van der Waals surface area contributed by atoms with Gasteiger partial charge in [0.05, 0.1) is 31.4 Å². The van der Waals surface area contributed by atoms with Crippen LogP contribution in [0.25, 0.3) is 0 Å². The van der Waals surface area contributed by atoms with Crippen molar-refractivity contribution < 1.29 is 27.4 Å². The lowest BCUT2D eigenvalue weighted by molar-refractivity contribution is -0.121. The van der Waals surface area contributed by atoms with Gasteiger partial charge in [-0.25, -0.2) is 13.8 Å². The number of benzene rings is 2. The highest BCUT2D eigenvalue weighted by Gasteiger charge is 2.29. The summed E-state index contributed by atoms with van der Waals surface area (Å²) in [5, 5.41) is 3.97. The molecule has 1 N–H and O–H groups in total. The molecule has 0 bridgehead atoms. The van der Waals surface area contributed by atoms with Crippen LogP contribution in [0.4, 0.5) is 5.69 Å². The summed E-state index contributed by atoms with van der Waals surface area (Å²) in [6.45, 7) is 10.1. The van der Waals surface area contributed by atoms with Gasteiger partial charge in [0.15, 0.2) is 11.5 Å². The molecule has 34 heavy (non-hydrogen) atoms. The van der Waals surface area contributed by atoms with Gasteiger partial charge in [0.2, 0.25) is 10.0 Å². The largest absolute Gasteiger partial charge is 0.494 e. The van der Waals surface area contributed by atoms with Crippen LogP contribution in [0.5, 0.6) is 17.2 Å². The van der Waals surface area contributed by atoms with Crippen LogP contribution in [0.1, 0.15) is 26.3 Å². The highest BCUT2D eigenvalue weighted by Crippen LogP contribution is 2.28. The Hall–Kier alpha value is -3.53. The summed E-state index contributed by atoms with van der Waals surface area (Å²) >= 11 is 0. The molecule has 0 saturated carbocycles. The minimum atomic E-state index is -3.75. The number of hydrazone groups is 1. The zero-order valence-electron chi connectivity index (χ0n) is 19.9. The van der Waals surface area contributed by atoms with Crippen molar-refractivity contribution in [2.45, 2.75) is 26.8 Å². The fraction of sp³-hybridized carbons (Fsp3) is 0.333. The van der Waals surface area contributed by atoms with E-state index in [4.69, 9.17) is 14.2 Å². The number of hydrogen-bond donors (Lipinski definition) is 1. The first-order valence-corrected chi connectivity index (χ1v) is 12.6. The summed E-state index contributed by atoms with van der Waals surface area (Å²) in [6, 6.07) is 10.6. The third-order valence-electron chi connectivity index (χ3n) is 4.50. The first-order chi connectivity index (χ1) is 16.2. The van der Waals surface area contributed by atoms with Crippen molar-refractivity contribution >= 4 is 27.8 Å². The van der Waals surface area contributed by atoms with Crippen molar-refractivity contribution in [3.8, 4) is 17.2 Å². The molecule has 9 nitrogen and oxygen atoms in total. The SMILES string of the molecule is C=CCOc1ccc(/C=N\NC(=O)[C@@H](C)N(c2ccc(OCC)cc2)S(C)(=O)=O)cc1OCC. The topological polar surface area (TPSA) is 107 Å². The number of amides is 1. The van der Waals surface area contributed by atoms with Gasteiger partial charge in [0.25, 0.3) is 5.91 Å². The van der Waals surface area contributed by atoms with Crippen molar-refractivity contribution in [2.75, 3.05) is 30.4 Å². The molecule has 0 aliphatic carbocycles. The molecule has 1 atom stereocenters. The van der Waals surface area contributed by atoms with E-state index in [1.54, 1.807) is 48.5 Å². The summed E-state index contributed by atoms with van der Waals surface area (Å²) < 4.78 is 42.4. The van der Waals surface area contributed by atoms with Crippen LogP contribution in [0.3, 0.4) is 0 Å². The van der Waals surface area contributed by atoms with E-state index in [-0.39, 0.29) is 0 Å². The molecule has 2 aromatic rings. The maximum atomic E-state index is 12.7. The van der Waals surface area contributed by atoms with Gasteiger partial charge in [-0.2, -0.15) is 5.10 Å². The zero-order valence-corrected chi connectivity index (χ0v) is 20.7. The van der Waals surface area contributed by atoms with E-state index in [0.29, 0.717) is 48.3 Å². The maximum Gasteiger partial charge on any atom is 0.263 e. The highest BCUT2D eigenvalue weighted by molar-refractivity contribution is 7.92. The minimum Gasteiger partial charge on any atom is -0.494 e. The minimum absolute atomic E-state index is 0.340. The van der Waals surface area contributed by atoms with Crippen LogP contribution in [-0.4, -0.2) is 52.7 Å². The first kappa shape index (κ1) is 26.7. The van der Waals surface area contributed by atoms with E-state index in [1.165, 1.54) is 13.1 Å². The fourth-order valence-corrected chi connectivity index (χ4v) is 4.24. The molecule has 1 amide bonds. The number of rotatable bonds is 13. The summed E-state index contributed by atoms with van der Waals surface area (Å²) in [5.74, 6) is 1.11. The molecule has 0 aliphatic rings. The Morgan fingerprint density at radius 1 is 1.09 bits per heavy atom. The van der Waals surface area contributed by atoms with Gasteiger partial charge in [0.1, 0.15) is 18.4 Å². The Labute approximate surface area is 201 Å². The molecule has 0 unspecified atom stereocenters. The Balaban J connectivity index is 2.15. The van der Waals surface area contributed by atoms with Gasteiger partial charge in [-0.05, 0) is 68.8 Å². The predicted molar refractivity (Wildman–Crippen MR) is 133 cm³/mol. The van der Waals surface area contributed by atoms with Crippen LogP contribution in [0.15, 0.2) is 60.2 Å². The molecular formula is C24H31N3O6S. The Morgan fingerprint density at radius 2 is 1.76 bits per heavy atom. The zero-order chi connectivity index (χ0) is 25.1. The van der Waals surface area contributed by atoms with E-state index >= 15 is 0 Å². The number of nitrogens with zero attached hydrogens (tertiary/aromatic N) is 2. The van der Waals surface area contributed by atoms with Gasteiger partial charge in [0, 0.05) is 0 Å². The Bertz CT molecular complexity index is 1100. The molecule has 0 radical (unpaired) electrons. The number of hydrogen-bond acceptors (Lipinski definition) is 7. The summed E-state index contributed by atoms with van der Waals surface area (Å²) in [4.78, 5) is 12.7. The first-order valence-electron chi connectivity index (χ1n) is 10.8. The second-order valence-electron chi connectivity index (χ2n) is 7.13. The number of carbonyl (C=O) groups is 1. The lowest BCUT2D eigenvalue weighted by Crippen LogP contribution is -2.46. The molecule has 10 heteroatoms. The van der Waals surface area contributed by atoms with Crippen molar-refractivity contribution in [3.05, 3.63) is 60.7 Å². The maximum absolute atomic E-state index is 12.7. The van der Waals surface area contributed by atoms with E-state index in [1.807, 2.05) is 13.8 Å². The van der Waals surface area contributed by atoms with Gasteiger partial charge < -0.3 is 14.2 Å². The second kappa shape index (κ2) is 12.6. The van der Waals surface area contributed by atoms with E-state index < -0.39 is 22.0 Å². The molecule has 2 rings (SSSR count). The molecule has 2 aromatic carbocycles. The van der Waals surface area contributed by atoms with Crippen molar-refractivity contribution in [1.82, 2.24) is 5.43 Å². The third kappa shape index (κ3) is 7.51. The van der Waals surface area contributed by atoms with E-state index in [9.17, 15) is 13.2 Å². The summed E-state index contributed by atoms with van der Waals surface area (Å²) in [6.07, 6.45) is 4.11. The normalized spacial score (nSPS) is 12.1. The van der Waals surface area contributed by atoms with Crippen molar-refractivity contribution in [2.24, 2.45) is 5.10 Å². The Morgan fingerprint density at radius 3 is 2.35 bits per heavy atom. The smallest absolute Gasteiger partial charge is 0.263 e. The van der Waals surface area contributed by atoms with Crippen molar-refractivity contribution in [1.29, 1.82) is 0 Å². The number of sulfonamides is 1. The second-order valence-corrected chi connectivity index (χ2v) is 8.99. The summed E-state index contributed by atoms with van der Waals surface area (Å²) in [7, 11) is -3.75. The van der Waals surface area contributed by atoms with Gasteiger partial charge in [-0.1, -0.05) is 12.7 Å². The van der Waals surface area contributed by atoms with Gasteiger partial charge in [-0.15, -0.1) is 0 Å². The van der Waals surface area contributed by atoms with Crippen molar-refractivity contribution in [3.63, 3.8) is 0 Å². The number of ether oxygens (including phenoxy) is 3. The fourth-order valence-electron chi connectivity index (χ4n) is 3.07. The number of anilines is 1. The predicted octanol–water partition coefficient (Wildman–Crippen LogP) is 3.35. The van der Waals surface area contributed by atoms with Crippen LogP contribution >= 0.6 is 0 Å². The molecule has 184 valence electrons. The van der Waals surface area contributed by atoms with Crippen LogP contribution in [0.2, 0.25) is 0 Å². The van der Waals surface area contributed by atoms with Crippen LogP contribution in [-0.2, 0) is 14.8 Å². The highest BCUT2D eigenvalue weighted by atomic mass is 32.2. The molecule has 0 saturated heterocycles.